The van der Waals surface area contributed by atoms with E-state index in [4.69, 9.17) is 0 Å². The van der Waals surface area contributed by atoms with Gasteiger partial charge in [0, 0.05) is 73.8 Å². The van der Waals surface area contributed by atoms with Crippen LogP contribution < -0.4 is 15.8 Å². The molecule has 3 aromatic heterocycles. The smallest absolute Gasteiger partial charge is 0.248 e. The third-order valence-electron chi connectivity index (χ3n) is 7.04. The van der Waals surface area contributed by atoms with Crippen molar-refractivity contribution in [3.8, 4) is 11.3 Å². The molecule has 0 spiro atoms. The van der Waals surface area contributed by atoms with Crippen molar-refractivity contribution in [1.29, 1.82) is 0 Å². The van der Waals surface area contributed by atoms with Crippen LogP contribution in [0, 0.1) is 0 Å². The monoisotopic (exact) mass is 440 g/mol. The largest absolute Gasteiger partial charge is 0.369 e. The fourth-order valence-electron chi connectivity index (χ4n) is 4.96. The molecule has 0 unspecified atom stereocenters. The standard InChI is InChI=1S/C26H28N6O/c33-25-18-19(10-11-27-25)24-9-8-23(26-28-12-13-32(24)26)29-20-4-6-22(7-5-20)31-16-14-30(15-17-31)21-2-1-3-21/h4-13,18,21,29H,1-3,14-17H2,(H,27,33). The molecule has 4 heterocycles. The van der Waals surface area contributed by atoms with Crippen LogP contribution in [0.3, 0.4) is 0 Å². The SMILES string of the molecule is O=c1cc(-c2ccc(Nc3ccc(N4CCN(C5CCC5)CC4)cc3)c3nccn23)cc[nH]1. The molecule has 1 saturated carbocycles. The highest BCUT2D eigenvalue weighted by molar-refractivity contribution is 5.78. The molecular weight excluding hydrogens is 412 g/mol. The van der Waals surface area contributed by atoms with Crippen molar-refractivity contribution in [1.82, 2.24) is 19.3 Å². The van der Waals surface area contributed by atoms with Gasteiger partial charge in [-0.05, 0) is 55.3 Å². The Kier molecular flexibility index (Phi) is 5.11. The van der Waals surface area contributed by atoms with Crippen LogP contribution in [0.5, 0.6) is 0 Å². The first-order valence-corrected chi connectivity index (χ1v) is 11.8. The van der Waals surface area contributed by atoms with Crippen LogP contribution in [-0.2, 0) is 0 Å². The van der Waals surface area contributed by atoms with E-state index in [9.17, 15) is 4.79 Å². The van der Waals surface area contributed by atoms with Gasteiger partial charge in [-0.15, -0.1) is 0 Å². The molecule has 0 amide bonds. The molecule has 2 fully saturated rings. The van der Waals surface area contributed by atoms with Crippen LogP contribution >= 0.6 is 0 Å². The van der Waals surface area contributed by atoms with Gasteiger partial charge in [0.05, 0.1) is 11.4 Å². The number of nitrogens with zero attached hydrogens (tertiary/aromatic N) is 4. The summed E-state index contributed by atoms with van der Waals surface area (Å²) in [7, 11) is 0. The van der Waals surface area contributed by atoms with Gasteiger partial charge < -0.3 is 15.2 Å². The zero-order chi connectivity index (χ0) is 22.2. The highest BCUT2D eigenvalue weighted by Gasteiger charge is 2.27. The van der Waals surface area contributed by atoms with Gasteiger partial charge in [-0.3, -0.25) is 14.1 Å². The Hall–Kier alpha value is -3.58. The number of fused-ring (bicyclic) bond motifs is 1. The maximum absolute atomic E-state index is 11.8. The van der Waals surface area contributed by atoms with Crippen LogP contribution in [0.4, 0.5) is 17.1 Å². The van der Waals surface area contributed by atoms with E-state index >= 15 is 0 Å². The van der Waals surface area contributed by atoms with Crippen LogP contribution in [0.15, 0.2) is 71.9 Å². The lowest BCUT2D eigenvalue weighted by atomic mass is 9.91. The molecule has 168 valence electrons. The Morgan fingerprint density at radius 1 is 0.970 bits per heavy atom. The van der Waals surface area contributed by atoms with E-state index in [1.54, 1.807) is 18.5 Å². The molecule has 2 aliphatic rings. The van der Waals surface area contributed by atoms with Gasteiger partial charge in [0.25, 0.3) is 0 Å². The average Bonchev–Trinajstić information content (AvgIpc) is 3.30. The van der Waals surface area contributed by atoms with Crippen molar-refractivity contribution in [3.63, 3.8) is 0 Å². The number of aromatic amines is 1. The molecule has 4 aromatic rings. The third-order valence-corrected chi connectivity index (χ3v) is 7.04. The summed E-state index contributed by atoms with van der Waals surface area (Å²) in [5.41, 5.74) is 5.72. The van der Waals surface area contributed by atoms with Gasteiger partial charge >= 0.3 is 0 Å². The maximum Gasteiger partial charge on any atom is 0.248 e. The number of rotatable bonds is 5. The topological polar surface area (TPSA) is 68.7 Å². The summed E-state index contributed by atoms with van der Waals surface area (Å²) in [5.74, 6) is 0. The van der Waals surface area contributed by atoms with Crippen LogP contribution in [0.25, 0.3) is 16.9 Å². The number of anilines is 3. The van der Waals surface area contributed by atoms with Crippen molar-refractivity contribution in [3.05, 3.63) is 77.5 Å². The van der Waals surface area contributed by atoms with E-state index in [1.165, 1.54) is 38.0 Å². The fraction of sp³-hybridized carbons (Fsp3) is 0.308. The van der Waals surface area contributed by atoms with Crippen molar-refractivity contribution in [2.24, 2.45) is 0 Å². The molecular formula is C26H28N6O. The number of hydrogen-bond donors (Lipinski definition) is 2. The molecule has 1 aliphatic carbocycles. The number of imidazole rings is 1. The molecule has 0 bridgehead atoms. The second-order valence-electron chi connectivity index (χ2n) is 8.97. The number of nitrogens with one attached hydrogen (secondary N) is 2. The van der Waals surface area contributed by atoms with Crippen LogP contribution in [-0.4, -0.2) is 51.5 Å². The zero-order valence-corrected chi connectivity index (χ0v) is 18.6. The van der Waals surface area contributed by atoms with E-state index in [-0.39, 0.29) is 5.56 Å². The summed E-state index contributed by atoms with van der Waals surface area (Å²) >= 11 is 0. The third kappa shape index (κ3) is 3.89. The van der Waals surface area contributed by atoms with E-state index in [1.807, 2.05) is 28.8 Å². The molecule has 0 radical (unpaired) electrons. The maximum atomic E-state index is 11.8. The molecule has 1 aliphatic heterocycles. The lowest BCUT2D eigenvalue weighted by molar-refractivity contribution is 0.120. The summed E-state index contributed by atoms with van der Waals surface area (Å²) in [6, 6.07) is 17.1. The molecule has 1 saturated heterocycles. The molecule has 1 aromatic carbocycles. The summed E-state index contributed by atoms with van der Waals surface area (Å²) in [6.45, 7) is 4.54. The van der Waals surface area contributed by atoms with Crippen LogP contribution in [0.2, 0.25) is 0 Å². The van der Waals surface area contributed by atoms with Gasteiger partial charge in [0.15, 0.2) is 5.65 Å². The van der Waals surface area contributed by atoms with E-state index in [0.29, 0.717) is 0 Å². The van der Waals surface area contributed by atoms with Gasteiger partial charge in [0.1, 0.15) is 0 Å². The first-order valence-electron chi connectivity index (χ1n) is 11.8. The first-order chi connectivity index (χ1) is 16.2. The highest BCUT2D eigenvalue weighted by atomic mass is 16.1. The highest BCUT2D eigenvalue weighted by Crippen LogP contribution is 2.29. The van der Waals surface area contributed by atoms with Gasteiger partial charge in [0.2, 0.25) is 5.56 Å². The lowest BCUT2D eigenvalue weighted by Crippen LogP contribution is -2.52. The first kappa shape index (κ1) is 20.1. The minimum Gasteiger partial charge on any atom is -0.369 e. The molecule has 7 nitrogen and oxygen atoms in total. The Morgan fingerprint density at radius 2 is 1.79 bits per heavy atom. The number of pyridine rings is 2. The Morgan fingerprint density at radius 3 is 2.52 bits per heavy atom. The number of H-pyrrole nitrogens is 1. The lowest BCUT2D eigenvalue weighted by Gasteiger charge is -2.43. The van der Waals surface area contributed by atoms with Crippen molar-refractivity contribution < 1.29 is 0 Å². The molecule has 7 heteroatoms. The molecule has 33 heavy (non-hydrogen) atoms. The predicted octanol–water partition coefficient (Wildman–Crippen LogP) is 4.11. The second-order valence-corrected chi connectivity index (χ2v) is 8.97. The summed E-state index contributed by atoms with van der Waals surface area (Å²) in [4.78, 5) is 24.1. The molecule has 2 N–H and O–H groups in total. The summed E-state index contributed by atoms with van der Waals surface area (Å²) in [5, 5.41) is 3.51. The van der Waals surface area contributed by atoms with Crippen LogP contribution in [0.1, 0.15) is 19.3 Å². The van der Waals surface area contributed by atoms with Gasteiger partial charge in [-0.1, -0.05) is 6.42 Å². The van der Waals surface area contributed by atoms with Crippen molar-refractivity contribution in [2.75, 3.05) is 36.4 Å². The number of piperazine rings is 1. The second kappa shape index (κ2) is 8.41. The fourth-order valence-corrected chi connectivity index (χ4v) is 4.96. The van der Waals surface area contributed by atoms with E-state index in [2.05, 4.69) is 49.4 Å². The Bertz CT molecular complexity index is 1310. The minimum atomic E-state index is -0.118. The van der Waals surface area contributed by atoms with Crippen molar-refractivity contribution in [2.45, 2.75) is 25.3 Å². The molecule has 6 rings (SSSR count). The molecule has 0 atom stereocenters. The zero-order valence-electron chi connectivity index (χ0n) is 18.6. The minimum absolute atomic E-state index is 0.118. The van der Waals surface area contributed by atoms with E-state index < -0.39 is 0 Å². The summed E-state index contributed by atoms with van der Waals surface area (Å²) in [6.07, 6.45) is 9.54. The van der Waals surface area contributed by atoms with E-state index in [0.717, 1.165) is 47.4 Å². The average molecular weight is 441 g/mol. The predicted molar refractivity (Wildman–Crippen MR) is 132 cm³/mol. The van der Waals surface area contributed by atoms with Crippen molar-refractivity contribution >= 4 is 22.7 Å². The van der Waals surface area contributed by atoms with Gasteiger partial charge in [-0.2, -0.15) is 0 Å². The number of hydrogen-bond acceptors (Lipinski definition) is 5. The summed E-state index contributed by atoms with van der Waals surface area (Å²) < 4.78 is 2.01. The number of benzene rings is 1. The van der Waals surface area contributed by atoms with Gasteiger partial charge in [-0.25, -0.2) is 4.98 Å². The Balaban J connectivity index is 1.18. The number of aromatic nitrogens is 3. The Labute approximate surface area is 192 Å². The normalized spacial score (nSPS) is 17.3. The quantitative estimate of drug-likeness (QED) is 0.489.